The van der Waals surface area contributed by atoms with Gasteiger partial charge in [0.2, 0.25) is 5.91 Å². The predicted molar refractivity (Wildman–Crippen MR) is 71.3 cm³/mol. The molecular formula is C11H13NO5S2. The number of nitrogens with one attached hydrogen (secondary N) is 1. The number of rotatable bonds is 3. The van der Waals surface area contributed by atoms with Crippen molar-refractivity contribution < 1.29 is 23.1 Å². The Hall–Kier alpha value is -1.41. The van der Waals surface area contributed by atoms with E-state index < -0.39 is 27.0 Å². The zero-order valence-electron chi connectivity index (χ0n) is 9.96. The smallest absolute Gasteiger partial charge is 0.348 e. The van der Waals surface area contributed by atoms with Crippen LogP contribution in [-0.4, -0.2) is 36.4 Å². The summed E-state index contributed by atoms with van der Waals surface area (Å²) < 4.78 is 23.6. The number of amides is 1. The summed E-state index contributed by atoms with van der Waals surface area (Å²) in [5, 5.41) is 11.8. The number of hydrogen-bond donors (Lipinski definition) is 2. The minimum atomic E-state index is -3.42. The largest absolute Gasteiger partial charge is 0.477 e. The molecule has 2 heterocycles. The van der Waals surface area contributed by atoms with Gasteiger partial charge >= 0.3 is 5.97 Å². The lowest BCUT2D eigenvalue weighted by molar-refractivity contribution is -0.116. The molecule has 1 aromatic rings. The van der Waals surface area contributed by atoms with Gasteiger partial charge in [-0.1, -0.05) is 6.42 Å². The SMILES string of the molecule is O=C(O)c1sccc1NC(=O)C1CCCCS1(=O)=O. The number of sulfone groups is 1. The quantitative estimate of drug-likeness (QED) is 0.878. The highest BCUT2D eigenvalue weighted by atomic mass is 32.2. The Balaban J connectivity index is 2.17. The van der Waals surface area contributed by atoms with E-state index >= 15 is 0 Å². The van der Waals surface area contributed by atoms with Crippen molar-refractivity contribution >= 4 is 38.7 Å². The van der Waals surface area contributed by atoms with E-state index in [2.05, 4.69) is 5.32 Å². The molecule has 104 valence electrons. The molecule has 1 atom stereocenters. The van der Waals surface area contributed by atoms with E-state index in [0.29, 0.717) is 19.3 Å². The molecule has 1 unspecified atom stereocenters. The molecule has 6 nitrogen and oxygen atoms in total. The van der Waals surface area contributed by atoms with Crippen LogP contribution in [0.25, 0.3) is 0 Å². The molecule has 1 fully saturated rings. The van der Waals surface area contributed by atoms with Gasteiger partial charge in [0, 0.05) is 0 Å². The Bertz CT molecular complexity index is 604. The average Bonchev–Trinajstić information content (AvgIpc) is 2.76. The number of carboxylic acids is 1. The van der Waals surface area contributed by atoms with Crippen LogP contribution in [0.3, 0.4) is 0 Å². The standard InChI is InChI=1S/C11H13NO5S2/c13-10(8-3-1-2-6-19(8,16)17)12-7-4-5-18-9(7)11(14)15/h4-5,8H,1-3,6H2,(H,12,13)(H,14,15). The van der Waals surface area contributed by atoms with Gasteiger partial charge in [-0.25, -0.2) is 13.2 Å². The summed E-state index contributed by atoms with van der Waals surface area (Å²) in [7, 11) is -3.42. The van der Waals surface area contributed by atoms with Crippen molar-refractivity contribution in [2.45, 2.75) is 24.5 Å². The first kappa shape index (κ1) is 14.0. The summed E-state index contributed by atoms with van der Waals surface area (Å²) in [5.74, 6) is -1.77. The molecule has 0 bridgehead atoms. The minimum absolute atomic E-state index is 0.00144. The second-order valence-electron chi connectivity index (χ2n) is 4.31. The molecule has 0 spiro atoms. The number of aromatic carboxylic acids is 1. The van der Waals surface area contributed by atoms with Crippen molar-refractivity contribution in [2.24, 2.45) is 0 Å². The van der Waals surface area contributed by atoms with Gasteiger partial charge in [0.1, 0.15) is 10.1 Å². The third-order valence-corrected chi connectivity index (χ3v) is 6.07. The Morgan fingerprint density at radius 3 is 2.74 bits per heavy atom. The van der Waals surface area contributed by atoms with E-state index in [-0.39, 0.29) is 16.3 Å². The Kier molecular flexibility index (Phi) is 3.91. The molecule has 2 N–H and O–H groups in total. The molecule has 2 rings (SSSR count). The Morgan fingerprint density at radius 2 is 2.11 bits per heavy atom. The molecule has 1 saturated heterocycles. The van der Waals surface area contributed by atoms with Crippen molar-refractivity contribution in [3.05, 3.63) is 16.3 Å². The fraction of sp³-hybridized carbons (Fsp3) is 0.455. The topological polar surface area (TPSA) is 101 Å². The van der Waals surface area contributed by atoms with Gasteiger partial charge in [-0.2, -0.15) is 0 Å². The van der Waals surface area contributed by atoms with Crippen LogP contribution in [0.5, 0.6) is 0 Å². The van der Waals surface area contributed by atoms with Gasteiger partial charge in [0.25, 0.3) is 0 Å². The molecule has 0 aliphatic carbocycles. The molecule has 0 radical (unpaired) electrons. The molecule has 1 amide bonds. The molecule has 0 saturated carbocycles. The van der Waals surface area contributed by atoms with Gasteiger partial charge in [-0.15, -0.1) is 11.3 Å². The number of thiophene rings is 1. The van der Waals surface area contributed by atoms with Gasteiger partial charge < -0.3 is 10.4 Å². The Labute approximate surface area is 114 Å². The maximum Gasteiger partial charge on any atom is 0.348 e. The summed E-state index contributed by atoms with van der Waals surface area (Å²) in [4.78, 5) is 22.9. The fourth-order valence-electron chi connectivity index (χ4n) is 2.04. The van der Waals surface area contributed by atoms with Crippen molar-refractivity contribution in [2.75, 3.05) is 11.1 Å². The summed E-state index contributed by atoms with van der Waals surface area (Å²) >= 11 is 0.982. The molecule has 1 aromatic heterocycles. The highest BCUT2D eigenvalue weighted by Crippen LogP contribution is 2.25. The molecular weight excluding hydrogens is 290 g/mol. The lowest BCUT2D eigenvalue weighted by Gasteiger charge is -2.21. The van der Waals surface area contributed by atoms with E-state index in [0.717, 1.165) is 11.3 Å². The van der Waals surface area contributed by atoms with Crippen molar-refractivity contribution in [3.63, 3.8) is 0 Å². The van der Waals surface area contributed by atoms with E-state index in [9.17, 15) is 18.0 Å². The molecule has 1 aliphatic rings. The zero-order valence-corrected chi connectivity index (χ0v) is 11.6. The van der Waals surface area contributed by atoms with E-state index in [4.69, 9.17) is 5.11 Å². The molecule has 1 aliphatic heterocycles. The van der Waals surface area contributed by atoms with Crippen LogP contribution in [0.4, 0.5) is 5.69 Å². The maximum atomic E-state index is 12.0. The van der Waals surface area contributed by atoms with Crippen LogP contribution in [0, 0.1) is 0 Å². The summed E-state index contributed by atoms with van der Waals surface area (Å²) in [5.41, 5.74) is 0.156. The van der Waals surface area contributed by atoms with Gasteiger partial charge in [0.05, 0.1) is 11.4 Å². The van der Waals surface area contributed by atoms with Crippen LogP contribution >= 0.6 is 11.3 Å². The third-order valence-electron chi connectivity index (χ3n) is 2.99. The summed E-state index contributed by atoms with van der Waals surface area (Å²) in [6.07, 6.45) is 1.55. The number of carboxylic acid groups (broad SMARTS) is 1. The number of carbonyl (C=O) groups is 2. The normalized spacial score (nSPS) is 21.8. The summed E-state index contributed by atoms with van der Waals surface area (Å²) in [6, 6.07) is 1.46. The number of carbonyl (C=O) groups excluding carboxylic acids is 1. The maximum absolute atomic E-state index is 12.0. The molecule has 19 heavy (non-hydrogen) atoms. The predicted octanol–water partition coefficient (Wildman–Crippen LogP) is 1.35. The second-order valence-corrected chi connectivity index (χ2v) is 7.53. The average molecular weight is 303 g/mol. The van der Waals surface area contributed by atoms with Gasteiger partial charge in [0.15, 0.2) is 9.84 Å². The lowest BCUT2D eigenvalue weighted by Crippen LogP contribution is -2.39. The van der Waals surface area contributed by atoms with Crippen LogP contribution in [0.15, 0.2) is 11.4 Å². The number of hydrogen-bond acceptors (Lipinski definition) is 5. The first-order chi connectivity index (χ1) is 8.92. The monoisotopic (exact) mass is 303 g/mol. The highest BCUT2D eigenvalue weighted by molar-refractivity contribution is 7.92. The number of anilines is 1. The van der Waals surface area contributed by atoms with E-state index in [1.54, 1.807) is 0 Å². The van der Waals surface area contributed by atoms with Crippen LogP contribution < -0.4 is 5.32 Å². The van der Waals surface area contributed by atoms with Gasteiger partial charge in [-0.3, -0.25) is 4.79 Å². The zero-order chi connectivity index (χ0) is 14.0. The summed E-state index contributed by atoms with van der Waals surface area (Å²) in [6.45, 7) is 0. The van der Waals surface area contributed by atoms with Crippen molar-refractivity contribution in [1.29, 1.82) is 0 Å². The third kappa shape index (κ3) is 2.95. The van der Waals surface area contributed by atoms with Gasteiger partial charge in [-0.05, 0) is 24.3 Å². The first-order valence-corrected chi connectivity index (χ1v) is 8.34. The van der Waals surface area contributed by atoms with Crippen molar-refractivity contribution in [1.82, 2.24) is 0 Å². The van der Waals surface area contributed by atoms with Crippen LogP contribution in [-0.2, 0) is 14.6 Å². The van der Waals surface area contributed by atoms with Crippen LogP contribution in [0.2, 0.25) is 0 Å². The van der Waals surface area contributed by atoms with Crippen LogP contribution in [0.1, 0.15) is 28.9 Å². The highest BCUT2D eigenvalue weighted by Gasteiger charge is 2.35. The molecule has 0 aromatic carbocycles. The van der Waals surface area contributed by atoms with E-state index in [1.807, 2.05) is 0 Å². The minimum Gasteiger partial charge on any atom is -0.477 e. The first-order valence-electron chi connectivity index (χ1n) is 5.75. The van der Waals surface area contributed by atoms with E-state index in [1.165, 1.54) is 11.4 Å². The Morgan fingerprint density at radius 1 is 1.37 bits per heavy atom. The fourth-order valence-corrected chi connectivity index (χ4v) is 4.52. The molecule has 8 heteroatoms. The van der Waals surface area contributed by atoms with Crippen molar-refractivity contribution in [3.8, 4) is 0 Å². The lowest BCUT2D eigenvalue weighted by atomic mass is 10.2. The second kappa shape index (κ2) is 5.30.